The highest BCUT2D eigenvalue weighted by Gasteiger charge is 2.32. The highest BCUT2D eigenvalue weighted by Crippen LogP contribution is 2.28. The Morgan fingerprint density at radius 1 is 1.42 bits per heavy atom. The predicted molar refractivity (Wildman–Crippen MR) is 67.2 cm³/mol. The molecule has 4 nitrogen and oxygen atoms in total. The summed E-state index contributed by atoms with van der Waals surface area (Å²) < 4.78 is 37.1. The van der Waals surface area contributed by atoms with Crippen LogP contribution in [0.3, 0.4) is 0 Å². The Bertz CT molecular complexity index is 438. The highest BCUT2D eigenvalue weighted by molar-refractivity contribution is 5.95. The van der Waals surface area contributed by atoms with E-state index in [1.165, 1.54) is 6.92 Å². The van der Waals surface area contributed by atoms with Crippen molar-refractivity contribution in [1.82, 2.24) is 10.3 Å². The molecule has 0 atom stereocenters. The first kappa shape index (κ1) is 17.7. The van der Waals surface area contributed by atoms with Gasteiger partial charge in [0.05, 0.1) is 11.3 Å². The van der Waals surface area contributed by atoms with Gasteiger partial charge in [-0.05, 0) is 32.0 Å². The van der Waals surface area contributed by atoms with Crippen LogP contribution in [0.4, 0.5) is 13.2 Å². The number of nitrogens with zero attached hydrogens (tertiary/aromatic N) is 1. The van der Waals surface area contributed by atoms with Crippen LogP contribution in [0.2, 0.25) is 0 Å². The van der Waals surface area contributed by atoms with Crippen LogP contribution >= 0.6 is 12.4 Å². The lowest BCUT2D eigenvalue weighted by Crippen LogP contribution is -2.27. The third-order valence-electron chi connectivity index (χ3n) is 2.29. The standard InChI is InChI=1S/C11H14F3N3O.ClH/c1-7-8(10(18)16-6-2-5-15)3-4-9(17-7)11(12,13)14;/h3-4H,2,5-6,15H2,1H3,(H,16,18);1H. The number of hydrogen-bond acceptors (Lipinski definition) is 3. The molecule has 0 aliphatic carbocycles. The molecule has 0 aliphatic heterocycles. The Morgan fingerprint density at radius 2 is 2.05 bits per heavy atom. The smallest absolute Gasteiger partial charge is 0.352 e. The van der Waals surface area contributed by atoms with Crippen molar-refractivity contribution in [2.75, 3.05) is 13.1 Å². The van der Waals surface area contributed by atoms with Crippen LogP contribution < -0.4 is 11.1 Å². The number of amides is 1. The summed E-state index contributed by atoms with van der Waals surface area (Å²) in [5, 5.41) is 2.56. The molecule has 19 heavy (non-hydrogen) atoms. The molecule has 0 bridgehead atoms. The summed E-state index contributed by atoms with van der Waals surface area (Å²) in [7, 11) is 0. The van der Waals surface area contributed by atoms with E-state index in [0.29, 0.717) is 19.5 Å². The topological polar surface area (TPSA) is 68.0 Å². The zero-order chi connectivity index (χ0) is 13.8. The van der Waals surface area contributed by atoms with Crippen molar-refractivity contribution < 1.29 is 18.0 Å². The quantitative estimate of drug-likeness (QED) is 0.834. The number of rotatable bonds is 4. The number of carbonyl (C=O) groups is 1. The van der Waals surface area contributed by atoms with Crippen molar-refractivity contribution in [3.05, 3.63) is 29.1 Å². The maximum atomic E-state index is 12.4. The van der Waals surface area contributed by atoms with Gasteiger partial charge in [0.2, 0.25) is 0 Å². The van der Waals surface area contributed by atoms with Crippen molar-refractivity contribution in [2.24, 2.45) is 5.73 Å². The minimum absolute atomic E-state index is 0. The molecule has 0 aromatic carbocycles. The first-order valence-electron chi connectivity index (χ1n) is 5.39. The monoisotopic (exact) mass is 297 g/mol. The van der Waals surface area contributed by atoms with E-state index in [9.17, 15) is 18.0 Å². The molecule has 0 radical (unpaired) electrons. The summed E-state index contributed by atoms with van der Waals surface area (Å²) in [5.74, 6) is -0.442. The SMILES string of the molecule is Cc1nc(C(F)(F)F)ccc1C(=O)NCCCN.Cl. The lowest BCUT2D eigenvalue weighted by Gasteiger charge is -2.10. The van der Waals surface area contributed by atoms with Crippen molar-refractivity contribution in [3.8, 4) is 0 Å². The van der Waals surface area contributed by atoms with Gasteiger partial charge in [-0.1, -0.05) is 0 Å². The number of aryl methyl sites for hydroxylation is 1. The normalized spacial score (nSPS) is 10.8. The van der Waals surface area contributed by atoms with Crippen molar-refractivity contribution in [2.45, 2.75) is 19.5 Å². The summed E-state index contributed by atoms with van der Waals surface area (Å²) in [6.07, 6.45) is -3.89. The molecule has 1 amide bonds. The Kier molecular flexibility index (Phi) is 6.78. The van der Waals surface area contributed by atoms with Crippen molar-refractivity contribution >= 4 is 18.3 Å². The predicted octanol–water partition coefficient (Wildman–Crippen LogP) is 1.91. The second-order valence-electron chi connectivity index (χ2n) is 3.73. The number of nitrogens with one attached hydrogen (secondary N) is 1. The molecule has 1 aromatic rings. The average molecular weight is 298 g/mol. The summed E-state index contributed by atoms with van der Waals surface area (Å²) in [6.45, 7) is 2.19. The van der Waals surface area contributed by atoms with Gasteiger partial charge in [-0.3, -0.25) is 4.79 Å². The van der Waals surface area contributed by atoms with Crippen LogP contribution in [0, 0.1) is 6.92 Å². The van der Waals surface area contributed by atoms with Gasteiger partial charge in [-0.2, -0.15) is 13.2 Å². The van der Waals surface area contributed by atoms with Gasteiger partial charge in [-0.25, -0.2) is 4.98 Å². The second-order valence-corrected chi connectivity index (χ2v) is 3.73. The molecular weight excluding hydrogens is 283 g/mol. The van der Waals surface area contributed by atoms with Gasteiger partial charge in [-0.15, -0.1) is 12.4 Å². The maximum absolute atomic E-state index is 12.4. The molecule has 8 heteroatoms. The summed E-state index contributed by atoms with van der Waals surface area (Å²) >= 11 is 0. The largest absolute Gasteiger partial charge is 0.433 e. The van der Waals surface area contributed by atoms with Crippen LogP contribution in [0.25, 0.3) is 0 Å². The average Bonchev–Trinajstić information content (AvgIpc) is 2.27. The summed E-state index contributed by atoms with van der Waals surface area (Å²) in [6, 6.07) is 1.92. The molecule has 0 fully saturated rings. The van der Waals surface area contributed by atoms with E-state index in [4.69, 9.17) is 5.73 Å². The fraction of sp³-hybridized carbons (Fsp3) is 0.455. The molecule has 108 valence electrons. The Morgan fingerprint density at radius 3 is 2.53 bits per heavy atom. The lowest BCUT2D eigenvalue weighted by atomic mass is 10.1. The number of nitrogens with two attached hydrogens (primary N) is 1. The van der Waals surface area contributed by atoms with Gasteiger partial charge >= 0.3 is 6.18 Å². The third-order valence-corrected chi connectivity index (χ3v) is 2.29. The number of carbonyl (C=O) groups excluding carboxylic acids is 1. The van der Waals surface area contributed by atoms with E-state index in [1.807, 2.05) is 0 Å². The molecule has 1 rings (SSSR count). The molecule has 0 unspecified atom stereocenters. The first-order valence-corrected chi connectivity index (χ1v) is 5.39. The van der Waals surface area contributed by atoms with E-state index in [0.717, 1.165) is 12.1 Å². The molecular formula is C11H15ClF3N3O. The van der Waals surface area contributed by atoms with Crippen LogP contribution in [-0.4, -0.2) is 24.0 Å². The van der Waals surface area contributed by atoms with E-state index < -0.39 is 17.8 Å². The van der Waals surface area contributed by atoms with E-state index in [-0.39, 0.29) is 23.7 Å². The Balaban J connectivity index is 0.00000324. The number of pyridine rings is 1. The number of hydrogen-bond donors (Lipinski definition) is 2. The molecule has 0 saturated heterocycles. The molecule has 0 aliphatic rings. The fourth-order valence-electron chi connectivity index (χ4n) is 1.36. The minimum atomic E-state index is -4.50. The van der Waals surface area contributed by atoms with E-state index in [2.05, 4.69) is 10.3 Å². The van der Waals surface area contributed by atoms with Crippen LogP contribution in [0.5, 0.6) is 0 Å². The molecule has 0 saturated carbocycles. The summed E-state index contributed by atoms with van der Waals surface area (Å²) in [4.78, 5) is 15.0. The first-order chi connectivity index (χ1) is 8.36. The Hall–Kier alpha value is -1.34. The fourth-order valence-corrected chi connectivity index (χ4v) is 1.36. The second kappa shape index (κ2) is 7.30. The highest BCUT2D eigenvalue weighted by atomic mass is 35.5. The zero-order valence-electron chi connectivity index (χ0n) is 10.3. The molecule has 1 heterocycles. The number of aromatic nitrogens is 1. The third kappa shape index (κ3) is 5.04. The van der Waals surface area contributed by atoms with Gasteiger partial charge in [0.1, 0.15) is 5.69 Å². The van der Waals surface area contributed by atoms with Gasteiger partial charge in [0.15, 0.2) is 0 Å². The van der Waals surface area contributed by atoms with Crippen LogP contribution in [0.15, 0.2) is 12.1 Å². The maximum Gasteiger partial charge on any atom is 0.433 e. The number of halogens is 4. The molecule has 3 N–H and O–H groups in total. The zero-order valence-corrected chi connectivity index (χ0v) is 11.1. The van der Waals surface area contributed by atoms with E-state index in [1.54, 1.807) is 0 Å². The van der Waals surface area contributed by atoms with Crippen molar-refractivity contribution in [1.29, 1.82) is 0 Å². The summed E-state index contributed by atoms with van der Waals surface area (Å²) in [5.41, 5.74) is 4.45. The van der Waals surface area contributed by atoms with E-state index >= 15 is 0 Å². The van der Waals surface area contributed by atoms with Gasteiger partial charge in [0, 0.05) is 6.54 Å². The Labute approximate surface area is 115 Å². The molecule has 1 aromatic heterocycles. The van der Waals surface area contributed by atoms with Crippen LogP contribution in [-0.2, 0) is 6.18 Å². The lowest BCUT2D eigenvalue weighted by molar-refractivity contribution is -0.141. The molecule has 0 spiro atoms. The van der Waals surface area contributed by atoms with Crippen LogP contribution in [0.1, 0.15) is 28.2 Å². The van der Waals surface area contributed by atoms with Gasteiger partial charge < -0.3 is 11.1 Å². The van der Waals surface area contributed by atoms with Crippen molar-refractivity contribution in [3.63, 3.8) is 0 Å². The number of alkyl halides is 3. The van der Waals surface area contributed by atoms with Gasteiger partial charge in [0.25, 0.3) is 5.91 Å². The minimum Gasteiger partial charge on any atom is -0.352 e.